The average molecular weight is 418 g/mol. The average Bonchev–Trinajstić information content (AvgIpc) is 3.26. The first-order chi connectivity index (χ1) is 15.3. The molecule has 31 heavy (non-hydrogen) atoms. The number of hydrogen-bond acceptors (Lipinski definition) is 3. The maximum Gasteiger partial charge on any atom is 0.191 e. The molecule has 3 aromatic rings. The summed E-state index contributed by atoms with van der Waals surface area (Å²) in [6.07, 6.45) is 7.76. The van der Waals surface area contributed by atoms with E-state index in [1.165, 1.54) is 5.56 Å². The Kier molecular flexibility index (Phi) is 8.73. The van der Waals surface area contributed by atoms with E-state index in [2.05, 4.69) is 62.1 Å². The van der Waals surface area contributed by atoms with Crippen LogP contribution in [0.2, 0.25) is 0 Å². The van der Waals surface area contributed by atoms with Gasteiger partial charge in [-0.2, -0.15) is 0 Å². The van der Waals surface area contributed by atoms with Gasteiger partial charge in [0.05, 0.1) is 6.54 Å². The number of nitrogens with zero attached hydrogens (tertiary/aromatic N) is 3. The molecule has 0 fully saturated rings. The molecule has 6 nitrogen and oxygen atoms in total. The number of imidazole rings is 1. The molecule has 3 rings (SSSR count). The lowest BCUT2D eigenvalue weighted by atomic mass is 10.1. The van der Waals surface area contributed by atoms with E-state index in [1.807, 2.05) is 36.7 Å². The number of rotatable bonds is 11. The Bertz CT molecular complexity index is 965. The van der Waals surface area contributed by atoms with E-state index in [1.54, 1.807) is 13.1 Å². The maximum absolute atomic E-state index is 5.72. The van der Waals surface area contributed by atoms with Crippen molar-refractivity contribution in [2.75, 3.05) is 13.7 Å². The van der Waals surface area contributed by atoms with Crippen LogP contribution in [0.25, 0.3) is 0 Å². The highest BCUT2D eigenvalue weighted by atomic mass is 16.5. The van der Waals surface area contributed by atoms with E-state index >= 15 is 0 Å². The predicted octanol–water partition coefficient (Wildman–Crippen LogP) is 3.95. The monoisotopic (exact) mass is 417 g/mol. The largest absolute Gasteiger partial charge is 0.489 e. The third kappa shape index (κ3) is 7.03. The van der Waals surface area contributed by atoms with Crippen LogP contribution >= 0.6 is 0 Å². The smallest absolute Gasteiger partial charge is 0.191 e. The number of aryl methyl sites for hydroxylation is 2. The molecule has 0 radical (unpaired) electrons. The normalized spacial score (nSPS) is 11.2. The molecule has 6 heteroatoms. The molecular weight excluding hydrogens is 386 g/mol. The molecule has 1 heterocycles. The van der Waals surface area contributed by atoms with Crippen molar-refractivity contribution in [3.63, 3.8) is 0 Å². The molecule has 0 bridgehead atoms. The highest BCUT2D eigenvalue weighted by Gasteiger charge is 2.07. The number of aliphatic imine (C=N–C) groups is 1. The van der Waals surface area contributed by atoms with E-state index in [-0.39, 0.29) is 0 Å². The van der Waals surface area contributed by atoms with Crippen LogP contribution in [0.15, 0.2) is 84.6 Å². The van der Waals surface area contributed by atoms with Gasteiger partial charge >= 0.3 is 0 Å². The van der Waals surface area contributed by atoms with Gasteiger partial charge in [0, 0.05) is 38.1 Å². The Labute approximate surface area is 184 Å². The second kappa shape index (κ2) is 12.2. The molecule has 0 amide bonds. The molecule has 0 unspecified atom stereocenters. The summed E-state index contributed by atoms with van der Waals surface area (Å²) in [5, 5.41) is 6.70. The summed E-state index contributed by atoms with van der Waals surface area (Å²) in [4.78, 5) is 8.83. The fraction of sp³-hybridized carbons (Fsp3) is 0.280. The Morgan fingerprint density at radius 1 is 1.10 bits per heavy atom. The number of benzene rings is 2. The number of guanidine groups is 1. The Morgan fingerprint density at radius 3 is 2.68 bits per heavy atom. The minimum Gasteiger partial charge on any atom is -0.489 e. The summed E-state index contributed by atoms with van der Waals surface area (Å²) in [6, 6.07) is 18.5. The van der Waals surface area contributed by atoms with Gasteiger partial charge in [0.15, 0.2) is 5.96 Å². The molecule has 0 aliphatic heterocycles. The number of nitrogens with one attached hydrogen (secondary N) is 2. The molecule has 0 aliphatic rings. The van der Waals surface area contributed by atoms with E-state index in [0.717, 1.165) is 42.5 Å². The van der Waals surface area contributed by atoms with E-state index in [0.29, 0.717) is 19.7 Å². The zero-order valence-electron chi connectivity index (χ0n) is 18.1. The summed E-state index contributed by atoms with van der Waals surface area (Å²) in [7, 11) is 1.77. The zero-order chi connectivity index (χ0) is 21.7. The van der Waals surface area contributed by atoms with Crippen molar-refractivity contribution in [1.82, 2.24) is 20.2 Å². The summed E-state index contributed by atoms with van der Waals surface area (Å²) in [5.74, 6) is 2.56. The minimum absolute atomic E-state index is 0.483. The number of hydrogen-bond donors (Lipinski definition) is 2. The Balaban J connectivity index is 1.48. The SMILES string of the molecule is C=CCOc1ccccc1CNC(=NC)NCc1nccn1CCCc1ccccc1. The van der Waals surface area contributed by atoms with Crippen molar-refractivity contribution in [2.24, 2.45) is 4.99 Å². The van der Waals surface area contributed by atoms with E-state index < -0.39 is 0 Å². The highest BCUT2D eigenvalue weighted by Crippen LogP contribution is 2.17. The van der Waals surface area contributed by atoms with Crippen LogP contribution in [0.3, 0.4) is 0 Å². The van der Waals surface area contributed by atoms with Crippen LogP contribution in [0.1, 0.15) is 23.4 Å². The lowest BCUT2D eigenvalue weighted by Crippen LogP contribution is -2.37. The summed E-state index contributed by atoms with van der Waals surface area (Å²) in [5.41, 5.74) is 2.43. The molecule has 0 saturated heterocycles. The van der Waals surface area contributed by atoms with Gasteiger partial charge in [0.1, 0.15) is 18.2 Å². The molecule has 2 aromatic carbocycles. The summed E-state index contributed by atoms with van der Waals surface area (Å²) < 4.78 is 7.92. The molecular formula is C25H31N5O. The van der Waals surface area contributed by atoms with Gasteiger partial charge in [-0.05, 0) is 24.5 Å². The number of aromatic nitrogens is 2. The standard InChI is InChI=1S/C25H31N5O/c1-3-18-31-23-14-8-7-13-22(23)19-28-25(26-2)29-20-24-27-15-17-30(24)16-9-12-21-10-5-4-6-11-21/h3-8,10-11,13-15,17H,1,9,12,16,18-20H2,2H3,(H2,26,28,29). The number of ether oxygens (including phenoxy) is 1. The molecule has 0 saturated carbocycles. The Hall–Kier alpha value is -3.54. The third-order valence-corrected chi connectivity index (χ3v) is 4.92. The second-order valence-corrected chi connectivity index (χ2v) is 7.11. The first kappa shape index (κ1) is 22.2. The summed E-state index contributed by atoms with van der Waals surface area (Å²) in [6.45, 7) is 6.34. The highest BCUT2D eigenvalue weighted by molar-refractivity contribution is 5.79. The van der Waals surface area contributed by atoms with Crippen LogP contribution < -0.4 is 15.4 Å². The quantitative estimate of drug-likeness (QED) is 0.282. The van der Waals surface area contributed by atoms with E-state index in [4.69, 9.17) is 4.74 Å². The van der Waals surface area contributed by atoms with Crippen LogP contribution in [0.4, 0.5) is 0 Å². The van der Waals surface area contributed by atoms with Crippen molar-refractivity contribution >= 4 is 5.96 Å². The van der Waals surface area contributed by atoms with Crippen LogP contribution in [0, 0.1) is 0 Å². The Morgan fingerprint density at radius 2 is 1.87 bits per heavy atom. The van der Waals surface area contributed by atoms with Gasteiger partial charge in [-0.15, -0.1) is 0 Å². The van der Waals surface area contributed by atoms with Crippen molar-refractivity contribution < 1.29 is 4.74 Å². The van der Waals surface area contributed by atoms with Crippen molar-refractivity contribution in [3.05, 3.63) is 96.6 Å². The first-order valence-electron chi connectivity index (χ1n) is 10.6. The van der Waals surface area contributed by atoms with Gasteiger partial charge in [-0.3, -0.25) is 4.99 Å². The van der Waals surface area contributed by atoms with Crippen LogP contribution in [-0.2, 0) is 26.1 Å². The minimum atomic E-state index is 0.483. The predicted molar refractivity (Wildman–Crippen MR) is 126 cm³/mol. The summed E-state index contributed by atoms with van der Waals surface area (Å²) >= 11 is 0. The van der Waals surface area contributed by atoms with Gasteiger partial charge < -0.3 is 19.9 Å². The van der Waals surface area contributed by atoms with Gasteiger partial charge in [0.2, 0.25) is 0 Å². The van der Waals surface area contributed by atoms with Crippen molar-refractivity contribution in [2.45, 2.75) is 32.5 Å². The van der Waals surface area contributed by atoms with Crippen molar-refractivity contribution in [1.29, 1.82) is 0 Å². The molecule has 0 spiro atoms. The molecule has 0 atom stereocenters. The molecule has 1 aromatic heterocycles. The zero-order valence-corrected chi connectivity index (χ0v) is 18.1. The topological polar surface area (TPSA) is 63.5 Å². The number of para-hydroxylation sites is 1. The van der Waals surface area contributed by atoms with Crippen LogP contribution in [0.5, 0.6) is 5.75 Å². The molecule has 162 valence electrons. The van der Waals surface area contributed by atoms with Crippen LogP contribution in [-0.4, -0.2) is 29.2 Å². The maximum atomic E-state index is 5.72. The van der Waals surface area contributed by atoms with Crippen molar-refractivity contribution in [3.8, 4) is 5.75 Å². The van der Waals surface area contributed by atoms with E-state index in [9.17, 15) is 0 Å². The molecule has 0 aliphatic carbocycles. The lowest BCUT2D eigenvalue weighted by Gasteiger charge is -2.15. The molecule has 2 N–H and O–H groups in total. The lowest BCUT2D eigenvalue weighted by molar-refractivity contribution is 0.358. The van der Waals surface area contributed by atoms with Gasteiger partial charge in [0.25, 0.3) is 0 Å². The fourth-order valence-electron chi connectivity index (χ4n) is 3.31. The second-order valence-electron chi connectivity index (χ2n) is 7.11. The van der Waals surface area contributed by atoms with Gasteiger partial charge in [-0.25, -0.2) is 4.98 Å². The first-order valence-corrected chi connectivity index (χ1v) is 10.6. The third-order valence-electron chi connectivity index (χ3n) is 4.92. The van der Waals surface area contributed by atoms with Gasteiger partial charge in [-0.1, -0.05) is 61.2 Å². The fourth-order valence-corrected chi connectivity index (χ4v) is 3.31.